The average molecular weight is 223 g/mol. The van der Waals surface area contributed by atoms with Crippen molar-refractivity contribution in [3.05, 3.63) is 28.3 Å². The van der Waals surface area contributed by atoms with E-state index in [1.165, 1.54) is 0 Å². The molecular formula is C13H15ClO. The zero-order valence-corrected chi connectivity index (χ0v) is 9.90. The predicted octanol–water partition coefficient (Wildman–Crippen LogP) is 3.75. The Morgan fingerprint density at radius 3 is 2.47 bits per heavy atom. The molecule has 0 fully saturated rings. The third-order valence-electron chi connectivity index (χ3n) is 2.14. The maximum atomic E-state index is 5.92. The molecular weight excluding hydrogens is 208 g/mol. The van der Waals surface area contributed by atoms with Gasteiger partial charge in [-0.05, 0) is 43.5 Å². The van der Waals surface area contributed by atoms with Gasteiger partial charge in [0, 0.05) is 11.4 Å². The van der Waals surface area contributed by atoms with Gasteiger partial charge in [-0.25, -0.2) is 0 Å². The molecule has 0 aromatic heterocycles. The lowest BCUT2D eigenvalue weighted by Gasteiger charge is -2.11. The van der Waals surface area contributed by atoms with Gasteiger partial charge >= 0.3 is 0 Å². The first-order chi connectivity index (χ1) is 7.15. The zero-order chi connectivity index (χ0) is 11.3. The number of halogens is 1. The lowest BCUT2D eigenvalue weighted by molar-refractivity contribution is 0.309. The van der Waals surface area contributed by atoms with Crippen molar-refractivity contribution in [2.45, 2.75) is 26.7 Å². The Morgan fingerprint density at radius 2 is 1.93 bits per heavy atom. The smallest absolute Gasteiger partial charge is 0.125 e. The Hall–Kier alpha value is -1.13. The number of terminal acetylenes is 1. The summed E-state index contributed by atoms with van der Waals surface area (Å²) in [5, 5.41) is 0.751. The molecule has 0 aliphatic rings. The SMILES string of the molecule is C#CCCCOc1c(C)cc(Cl)cc1C. The van der Waals surface area contributed by atoms with Crippen LogP contribution in [0.2, 0.25) is 5.02 Å². The molecule has 0 saturated heterocycles. The molecule has 0 radical (unpaired) electrons. The van der Waals surface area contributed by atoms with Gasteiger partial charge in [0.25, 0.3) is 0 Å². The molecule has 0 heterocycles. The fraction of sp³-hybridized carbons (Fsp3) is 0.385. The van der Waals surface area contributed by atoms with Crippen LogP contribution in [0.5, 0.6) is 5.75 Å². The molecule has 1 aromatic carbocycles. The Labute approximate surface area is 96.4 Å². The first-order valence-corrected chi connectivity index (χ1v) is 5.36. The molecule has 0 aliphatic heterocycles. The molecule has 80 valence electrons. The van der Waals surface area contributed by atoms with E-state index < -0.39 is 0 Å². The third-order valence-corrected chi connectivity index (χ3v) is 2.36. The highest BCUT2D eigenvalue weighted by molar-refractivity contribution is 6.30. The Kier molecular flexibility index (Phi) is 4.52. The summed E-state index contributed by atoms with van der Waals surface area (Å²) in [4.78, 5) is 0. The van der Waals surface area contributed by atoms with Crippen LogP contribution in [0.4, 0.5) is 0 Å². The van der Waals surface area contributed by atoms with Crippen LogP contribution in [0, 0.1) is 26.2 Å². The van der Waals surface area contributed by atoms with Crippen LogP contribution in [0.15, 0.2) is 12.1 Å². The van der Waals surface area contributed by atoms with Gasteiger partial charge in [-0.3, -0.25) is 0 Å². The van der Waals surface area contributed by atoms with Crippen molar-refractivity contribution in [1.29, 1.82) is 0 Å². The number of benzene rings is 1. The van der Waals surface area contributed by atoms with Gasteiger partial charge < -0.3 is 4.74 Å². The molecule has 0 spiro atoms. The summed E-state index contributed by atoms with van der Waals surface area (Å²) in [5.41, 5.74) is 2.14. The third kappa shape index (κ3) is 3.49. The quantitative estimate of drug-likeness (QED) is 0.557. The van der Waals surface area contributed by atoms with Crippen molar-refractivity contribution < 1.29 is 4.74 Å². The van der Waals surface area contributed by atoms with E-state index >= 15 is 0 Å². The fourth-order valence-corrected chi connectivity index (χ4v) is 1.80. The summed E-state index contributed by atoms with van der Waals surface area (Å²) < 4.78 is 5.67. The van der Waals surface area contributed by atoms with Crippen molar-refractivity contribution >= 4 is 11.6 Å². The van der Waals surface area contributed by atoms with E-state index in [1.807, 2.05) is 26.0 Å². The zero-order valence-electron chi connectivity index (χ0n) is 9.14. The molecule has 0 saturated carbocycles. The van der Waals surface area contributed by atoms with Crippen molar-refractivity contribution in [3.8, 4) is 18.1 Å². The largest absolute Gasteiger partial charge is 0.493 e. The monoisotopic (exact) mass is 222 g/mol. The van der Waals surface area contributed by atoms with Gasteiger partial charge in [0.1, 0.15) is 5.75 Å². The molecule has 0 aliphatic carbocycles. The van der Waals surface area contributed by atoms with Crippen molar-refractivity contribution in [2.75, 3.05) is 6.61 Å². The maximum absolute atomic E-state index is 5.92. The molecule has 0 unspecified atom stereocenters. The Bertz CT molecular complexity index is 354. The number of rotatable bonds is 4. The van der Waals surface area contributed by atoms with Crippen LogP contribution in [-0.2, 0) is 0 Å². The van der Waals surface area contributed by atoms with E-state index in [2.05, 4.69) is 5.92 Å². The molecule has 15 heavy (non-hydrogen) atoms. The van der Waals surface area contributed by atoms with Crippen LogP contribution < -0.4 is 4.74 Å². The second-order valence-corrected chi connectivity index (χ2v) is 3.96. The topological polar surface area (TPSA) is 9.23 Å². The van der Waals surface area contributed by atoms with Crippen LogP contribution >= 0.6 is 11.6 Å². The first kappa shape index (κ1) is 11.9. The second kappa shape index (κ2) is 5.68. The molecule has 2 heteroatoms. The second-order valence-electron chi connectivity index (χ2n) is 3.52. The van der Waals surface area contributed by atoms with E-state index in [1.54, 1.807) is 0 Å². The Morgan fingerprint density at radius 1 is 1.33 bits per heavy atom. The van der Waals surface area contributed by atoms with Gasteiger partial charge in [0.2, 0.25) is 0 Å². The highest BCUT2D eigenvalue weighted by atomic mass is 35.5. The molecule has 0 bridgehead atoms. The number of hydrogen-bond acceptors (Lipinski definition) is 1. The minimum Gasteiger partial charge on any atom is -0.493 e. The highest BCUT2D eigenvalue weighted by Crippen LogP contribution is 2.27. The van der Waals surface area contributed by atoms with E-state index in [-0.39, 0.29) is 0 Å². The highest BCUT2D eigenvalue weighted by Gasteiger charge is 2.04. The Balaban J connectivity index is 2.65. The minimum absolute atomic E-state index is 0.660. The molecule has 1 aromatic rings. The summed E-state index contributed by atoms with van der Waals surface area (Å²) in [6, 6.07) is 3.82. The minimum atomic E-state index is 0.660. The van der Waals surface area contributed by atoms with Crippen LogP contribution in [0.1, 0.15) is 24.0 Å². The van der Waals surface area contributed by atoms with Gasteiger partial charge in [0.15, 0.2) is 0 Å². The van der Waals surface area contributed by atoms with Gasteiger partial charge in [0.05, 0.1) is 6.61 Å². The lowest BCUT2D eigenvalue weighted by Crippen LogP contribution is -2.00. The van der Waals surface area contributed by atoms with Gasteiger partial charge in [-0.15, -0.1) is 12.3 Å². The van der Waals surface area contributed by atoms with Crippen molar-refractivity contribution in [2.24, 2.45) is 0 Å². The standard InChI is InChI=1S/C13H15ClO/c1-4-5-6-7-15-13-10(2)8-12(14)9-11(13)3/h1,8-9H,5-7H2,2-3H3. The summed E-state index contributed by atoms with van der Waals surface area (Å²) in [5.74, 6) is 3.52. The summed E-state index contributed by atoms with van der Waals surface area (Å²) >= 11 is 5.92. The summed E-state index contributed by atoms with van der Waals surface area (Å²) in [7, 11) is 0. The molecule has 1 nitrogen and oxygen atoms in total. The van der Waals surface area contributed by atoms with Crippen LogP contribution in [0.25, 0.3) is 0 Å². The molecule has 0 amide bonds. The van der Waals surface area contributed by atoms with E-state index in [0.29, 0.717) is 6.61 Å². The van der Waals surface area contributed by atoms with Crippen LogP contribution in [0.3, 0.4) is 0 Å². The van der Waals surface area contributed by atoms with E-state index in [9.17, 15) is 0 Å². The van der Waals surface area contributed by atoms with E-state index in [4.69, 9.17) is 22.8 Å². The fourth-order valence-electron chi connectivity index (χ4n) is 1.47. The molecule has 0 atom stereocenters. The number of aryl methyl sites for hydroxylation is 2. The van der Waals surface area contributed by atoms with Gasteiger partial charge in [-0.2, -0.15) is 0 Å². The number of hydrogen-bond donors (Lipinski definition) is 0. The number of unbranched alkanes of at least 4 members (excludes halogenated alkanes) is 1. The molecule has 1 rings (SSSR count). The first-order valence-electron chi connectivity index (χ1n) is 4.98. The van der Waals surface area contributed by atoms with Crippen LogP contribution in [-0.4, -0.2) is 6.61 Å². The summed E-state index contributed by atoms with van der Waals surface area (Å²) in [6.45, 7) is 4.65. The molecule has 0 N–H and O–H groups in total. The predicted molar refractivity (Wildman–Crippen MR) is 64.5 cm³/mol. The van der Waals surface area contributed by atoms with Crippen molar-refractivity contribution in [3.63, 3.8) is 0 Å². The normalized spacial score (nSPS) is 9.73. The lowest BCUT2D eigenvalue weighted by atomic mass is 10.1. The summed E-state index contributed by atoms with van der Waals surface area (Å²) in [6.07, 6.45) is 6.81. The van der Waals surface area contributed by atoms with Crippen molar-refractivity contribution in [1.82, 2.24) is 0 Å². The van der Waals surface area contributed by atoms with Gasteiger partial charge in [-0.1, -0.05) is 11.6 Å². The maximum Gasteiger partial charge on any atom is 0.125 e. The number of ether oxygens (including phenoxy) is 1. The average Bonchev–Trinajstić information content (AvgIpc) is 2.15. The van der Waals surface area contributed by atoms with E-state index in [0.717, 1.165) is 34.7 Å².